The number of nitrogens with one attached hydrogen (secondary N) is 3. The fraction of sp³-hybridized carbons (Fsp3) is 0.333. The summed E-state index contributed by atoms with van der Waals surface area (Å²) in [4.78, 5) is 23.0. The van der Waals surface area contributed by atoms with E-state index >= 15 is 0 Å². The molecule has 3 amide bonds. The second kappa shape index (κ2) is 7.05. The molecule has 0 aliphatic rings. The molecule has 0 aromatic heterocycles. The zero-order valence-corrected chi connectivity index (χ0v) is 11.2. The highest BCUT2D eigenvalue weighted by Gasteiger charge is 2.29. The van der Waals surface area contributed by atoms with Gasteiger partial charge in [-0.05, 0) is 17.7 Å². The maximum absolute atomic E-state index is 13.2. The number of amides is 3. The molecule has 1 aromatic carbocycles. The lowest BCUT2D eigenvalue weighted by Crippen LogP contribution is -2.46. The molecule has 1 atom stereocenters. The second-order valence-corrected chi connectivity index (χ2v) is 4.16. The first-order valence-electron chi connectivity index (χ1n) is 5.91. The lowest BCUT2D eigenvalue weighted by Gasteiger charge is -2.18. The first-order valence-corrected chi connectivity index (χ1v) is 5.91. The van der Waals surface area contributed by atoms with Crippen molar-refractivity contribution in [3.8, 4) is 0 Å². The van der Waals surface area contributed by atoms with Crippen LogP contribution in [0.1, 0.15) is 11.6 Å². The van der Waals surface area contributed by atoms with Crippen LogP contribution in [0.2, 0.25) is 0 Å². The van der Waals surface area contributed by atoms with Crippen molar-refractivity contribution in [2.24, 2.45) is 0 Å². The number of benzene rings is 1. The number of hydrogen-bond donors (Lipinski definition) is 3. The number of carbonyl (C=O) groups is 2. The predicted molar refractivity (Wildman–Crippen MR) is 65.8 cm³/mol. The summed E-state index contributed by atoms with van der Waals surface area (Å²) in [6.45, 7) is -1.60. The van der Waals surface area contributed by atoms with Gasteiger partial charge in [-0.2, -0.15) is 13.2 Å². The largest absolute Gasteiger partial charge is 0.405 e. The minimum atomic E-state index is -4.62. The van der Waals surface area contributed by atoms with Gasteiger partial charge in [-0.25, -0.2) is 13.6 Å². The van der Waals surface area contributed by atoms with Gasteiger partial charge in [0, 0.05) is 7.05 Å². The van der Waals surface area contributed by atoms with Crippen molar-refractivity contribution in [2.75, 3.05) is 13.6 Å². The summed E-state index contributed by atoms with van der Waals surface area (Å²) < 4.78 is 62.0. The van der Waals surface area contributed by atoms with Crippen molar-refractivity contribution in [2.45, 2.75) is 12.2 Å². The van der Waals surface area contributed by atoms with Crippen LogP contribution in [0, 0.1) is 11.6 Å². The van der Waals surface area contributed by atoms with Crippen molar-refractivity contribution in [3.63, 3.8) is 0 Å². The van der Waals surface area contributed by atoms with Gasteiger partial charge in [-0.1, -0.05) is 6.07 Å². The quantitative estimate of drug-likeness (QED) is 0.736. The Morgan fingerprint density at radius 2 is 1.82 bits per heavy atom. The lowest BCUT2D eigenvalue weighted by molar-refractivity contribution is -0.123. The zero-order valence-electron chi connectivity index (χ0n) is 11.2. The van der Waals surface area contributed by atoms with Gasteiger partial charge < -0.3 is 16.0 Å². The van der Waals surface area contributed by atoms with E-state index in [0.29, 0.717) is 6.07 Å². The fourth-order valence-corrected chi connectivity index (χ4v) is 1.50. The van der Waals surface area contributed by atoms with Crippen molar-refractivity contribution in [1.29, 1.82) is 0 Å². The van der Waals surface area contributed by atoms with E-state index in [0.717, 1.165) is 12.1 Å². The topological polar surface area (TPSA) is 70.2 Å². The average Bonchev–Trinajstić information content (AvgIpc) is 2.44. The number of halogens is 5. The molecular formula is C12H12F5N3O2. The highest BCUT2D eigenvalue weighted by Crippen LogP contribution is 2.17. The Hall–Kier alpha value is -2.39. The van der Waals surface area contributed by atoms with Crippen LogP contribution in [0.15, 0.2) is 18.2 Å². The summed E-state index contributed by atoms with van der Waals surface area (Å²) in [6, 6.07) is -0.332. The molecule has 0 aliphatic carbocycles. The Kier molecular flexibility index (Phi) is 5.66. The predicted octanol–water partition coefficient (Wildman–Crippen LogP) is 1.61. The molecule has 122 valence electrons. The SMILES string of the molecule is CNC(=O)C(NC(=O)NCC(F)(F)F)c1ccc(F)c(F)c1. The number of rotatable bonds is 4. The molecule has 0 saturated carbocycles. The summed E-state index contributed by atoms with van der Waals surface area (Å²) in [5, 5.41) is 5.61. The van der Waals surface area contributed by atoms with Gasteiger partial charge in [0.05, 0.1) is 0 Å². The molecule has 10 heteroatoms. The van der Waals surface area contributed by atoms with Gasteiger partial charge >= 0.3 is 12.2 Å². The van der Waals surface area contributed by atoms with Crippen LogP contribution in [-0.2, 0) is 4.79 Å². The van der Waals surface area contributed by atoms with Gasteiger partial charge in [0.25, 0.3) is 0 Å². The number of hydrogen-bond acceptors (Lipinski definition) is 2. The fourth-order valence-electron chi connectivity index (χ4n) is 1.50. The summed E-state index contributed by atoms with van der Waals surface area (Å²) in [5.74, 6) is -3.24. The third-order valence-corrected chi connectivity index (χ3v) is 2.51. The normalized spacial score (nSPS) is 12.5. The Labute approximate surface area is 121 Å². The molecule has 1 rings (SSSR count). The molecule has 0 saturated heterocycles. The molecule has 5 nitrogen and oxygen atoms in total. The van der Waals surface area contributed by atoms with E-state index in [1.54, 1.807) is 0 Å². The molecule has 0 radical (unpaired) electrons. The van der Waals surface area contributed by atoms with Gasteiger partial charge in [-0.3, -0.25) is 4.79 Å². The Bertz CT molecular complexity index is 562. The summed E-state index contributed by atoms with van der Waals surface area (Å²) in [7, 11) is 1.21. The zero-order chi connectivity index (χ0) is 16.9. The van der Waals surface area contributed by atoms with E-state index in [4.69, 9.17) is 0 Å². The van der Waals surface area contributed by atoms with E-state index in [9.17, 15) is 31.5 Å². The van der Waals surface area contributed by atoms with Crippen LogP contribution < -0.4 is 16.0 Å². The molecule has 22 heavy (non-hydrogen) atoms. The Morgan fingerprint density at radius 3 is 2.32 bits per heavy atom. The van der Waals surface area contributed by atoms with Crippen molar-refractivity contribution < 1.29 is 31.5 Å². The molecule has 0 fully saturated rings. The second-order valence-electron chi connectivity index (χ2n) is 4.16. The van der Waals surface area contributed by atoms with Crippen LogP contribution >= 0.6 is 0 Å². The first-order chi connectivity index (χ1) is 10.1. The van der Waals surface area contributed by atoms with E-state index in [1.807, 2.05) is 5.32 Å². The molecule has 0 spiro atoms. The number of likely N-dealkylation sites (N-methyl/N-ethyl adjacent to an activating group) is 1. The van der Waals surface area contributed by atoms with E-state index in [2.05, 4.69) is 5.32 Å². The molecule has 0 aliphatic heterocycles. The van der Waals surface area contributed by atoms with E-state index in [1.165, 1.54) is 12.4 Å². The number of urea groups is 1. The molecule has 1 aromatic rings. The average molecular weight is 325 g/mol. The summed E-state index contributed by atoms with van der Waals surface area (Å²) in [5.41, 5.74) is -0.125. The van der Waals surface area contributed by atoms with Crippen LogP contribution in [0.3, 0.4) is 0 Å². The summed E-state index contributed by atoms with van der Waals surface area (Å²) >= 11 is 0. The van der Waals surface area contributed by atoms with E-state index in [-0.39, 0.29) is 5.56 Å². The minimum absolute atomic E-state index is 0.125. The van der Waals surface area contributed by atoms with E-state index < -0.39 is 42.3 Å². The molecule has 3 N–H and O–H groups in total. The van der Waals surface area contributed by atoms with Gasteiger partial charge in [0.15, 0.2) is 11.6 Å². The third kappa shape index (κ3) is 5.19. The Morgan fingerprint density at radius 1 is 1.18 bits per heavy atom. The highest BCUT2D eigenvalue weighted by molar-refractivity contribution is 5.87. The maximum atomic E-state index is 13.2. The van der Waals surface area contributed by atoms with Crippen LogP contribution in [0.4, 0.5) is 26.7 Å². The van der Waals surface area contributed by atoms with Crippen molar-refractivity contribution in [3.05, 3.63) is 35.4 Å². The number of alkyl halides is 3. The maximum Gasteiger partial charge on any atom is 0.405 e. The highest BCUT2D eigenvalue weighted by atomic mass is 19.4. The molecule has 0 heterocycles. The molecular weight excluding hydrogens is 313 g/mol. The van der Waals surface area contributed by atoms with Crippen molar-refractivity contribution in [1.82, 2.24) is 16.0 Å². The third-order valence-electron chi connectivity index (χ3n) is 2.51. The monoisotopic (exact) mass is 325 g/mol. The molecule has 1 unspecified atom stereocenters. The van der Waals surface area contributed by atoms with Crippen LogP contribution in [0.25, 0.3) is 0 Å². The summed E-state index contributed by atoms with van der Waals surface area (Å²) in [6.07, 6.45) is -4.62. The van der Waals surface area contributed by atoms with Gasteiger partial charge in [0.2, 0.25) is 5.91 Å². The minimum Gasteiger partial charge on any atom is -0.357 e. The smallest absolute Gasteiger partial charge is 0.357 e. The van der Waals surface area contributed by atoms with Crippen LogP contribution in [-0.4, -0.2) is 31.7 Å². The lowest BCUT2D eigenvalue weighted by atomic mass is 10.1. The first kappa shape index (κ1) is 17.7. The van der Waals surface area contributed by atoms with Crippen LogP contribution in [0.5, 0.6) is 0 Å². The molecule has 0 bridgehead atoms. The van der Waals surface area contributed by atoms with Crippen molar-refractivity contribution >= 4 is 11.9 Å². The number of carbonyl (C=O) groups excluding carboxylic acids is 2. The van der Waals surface area contributed by atoms with Gasteiger partial charge in [0.1, 0.15) is 12.6 Å². The Balaban J connectivity index is 2.87. The standard InChI is InChI=1S/C12H12F5N3O2/c1-18-10(21)9(6-2-3-7(13)8(14)4-6)20-11(22)19-5-12(15,16)17/h2-4,9H,5H2,1H3,(H,18,21)(H2,19,20,22). The van der Waals surface area contributed by atoms with Gasteiger partial charge in [-0.15, -0.1) is 0 Å².